The van der Waals surface area contributed by atoms with Crippen LogP contribution in [0.25, 0.3) is 0 Å². The van der Waals surface area contributed by atoms with Crippen LogP contribution in [0.3, 0.4) is 0 Å². The van der Waals surface area contributed by atoms with Crippen LogP contribution in [0.2, 0.25) is 0 Å². The van der Waals surface area contributed by atoms with E-state index in [1.165, 1.54) is 8.61 Å². The third kappa shape index (κ3) is 2.94. The average Bonchev–Trinajstić information content (AvgIpc) is 2.25. The van der Waals surface area contributed by atoms with Crippen molar-refractivity contribution < 1.29 is 8.42 Å². The van der Waals surface area contributed by atoms with E-state index < -0.39 is 10.2 Å². The minimum Gasteiger partial charge on any atom is -0.197 e. The first-order valence-corrected chi connectivity index (χ1v) is 7.04. The second-order valence-corrected chi connectivity index (χ2v) is 6.13. The molecule has 0 aromatic carbocycles. The lowest BCUT2D eigenvalue weighted by molar-refractivity contribution is 0.262. The van der Waals surface area contributed by atoms with Crippen LogP contribution in [-0.4, -0.2) is 43.2 Å². The van der Waals surface area contributed by atoms with E-state index in [2.05, 4.69) is 6.92 Å². The molecule has 1 fully saturated rings. The molecule has 1 rings (SSSR count). The van der Waals surface area contributed by atoms with E-state index in [9.17, 15) is 8.42 Å². The molecule has 0 aromatic rings. The Bertz CT molecular complexity index is 361. The maximum atomic E-state index is 12.2. The van der Waals surface area contributed by atoms with Gasteiger partial charge < -0.3 is 0 Å². The Kier molecular flexibility index (Phi) is 4.71. The van der Waals surface area contributed by atoms with E-state index in [0.29, 0.717) is 25.6 Å². The maximum absolute atomic E-state index is 12.2. The summed E-state index contributed by atoms with van der Waals surface area (Å²) in [5, 5.41) is 8.61. The van der Waals surface area contributed by atoms with Crippen molar-refractivity contribution >= 4 is 10.2 Å². The third-order valence-electron chi connectivity index (χ3n) is 2.87. The highest BCUT2D eigenvalue weighted by Gasteiger charge is 2.31. The molecule has 0 radical (unpaired) electrons. The Balaban J connectivity index is 2.79. The van der Waals surface area contributed by atoms with Crippen LogP contribution in [0.15, 0.2) is 0 Å². The number of hydrogen-bond acceptors (Lipinski definition) is 3. The van der Waals surface area contributed by atoms with Crippen molar-refractivity contribution in [1.29, 1.82) is 5.26 Å². The van der Waals surface area contributed by atoms with Crippen LogP contribution in [0, 0.1) is 17.2 Å². The minimum absolute atomic E-state index is 0.0658. The molecule has 6 heteroatoms. The van der Waals surface area contributed by atoms with E-state index >= 15 is 0 Å². The summed E-state index contributed by atoms with van der Waals surface area (Å²) in [4.78, 5) is 0. The topological polar surface area (TPSA) is 64.4 Å². The molecule has 16 heavy (non-hydrogen) atoms. The van der Waals surface area contributed by atoms with Crippen LogP contribution in [-0.2, 0) is 10.2 Å². The van der Waals surface area contributed by atoms with Gasteiger partial charge in [0.1, 0.15) is 6.54 Å². The molecule has 1 unspecified atom stereocenters. The van der Waals surface area contributed by atoms with Crippen LogP contribution < -0.4 is 0 Å². The predicted octanol–water partition coefficient (Wildman–Crippen LogP) is 0.809. The largest absolute Gasteiger partial charge is 0.282 e. The first kappa shape index (κ1) is 13.4. The molecule has 0 spiro atoms. The second kappa shape index (κ2) is 5.62. The lowest BCUT2D eigenvalue weighted by Crippen LogP contribution is -2.47. The molecule has 1 aliphatic heterocycles. The van der Waals surface area contributed by atoms with Gasteiger partial charge in [-0.2, -0.15) is 22.3 Å². The Morgan fingerprint density at radius 1 is 1.56 bits per heavy atom. The van der Waals surface area contributed by atoms with Gasteiger partial charge in [-0.05, 0) is 18.8 Å². The summed E-state index contributed by atoms with van der Waals surface area (Å²) in [7, 11) is -3.43. The Hall–Kier alpha value is -0.640. The summed E-state index contributed by atoms with van der Waals surface area (Å²) in [5.41, 5.74) is 0. The van der Waals surface area contributed by atoms with Crippen LogP contribution in [0.1, 0.15) is 26.7 Å². The zero-order chi connectivity index (χ0) is 12.2. The van der Waals surface area contributed by atoms with E-state index in [0.717, 1.165) is 12.8 Å². The fourth-order valence-electron chi connectivity index (χ4n) is 1.95. The van der Waals surface area contributed by atoms with Crippen LogP contribution in [0.5, 0.6) is 0 Å². The van der Waals surface area contributed by atoms with Gasteiger partial charge in [-0.1, -0.05) is 13.8 Å². The maximum Gasteiger partial charge on any atom is 0.282 e. The molecule has 5 nitrogen and oxygen atoms in total. The van der Waals surface area contributed by atoms with Gasteiger partial charge in [0.15, 0.2) is 0 Å². The lowest BCUT2D eigenvalue weighted by Gasteiger charge is -2.33. The monoisotopic (exact) mass is 245 g/mol. The SMILES string of the molecule is CCN(CC#N)S(=O)(=O)N1CCCC(C)C1. The van der Waals surface area contributed by atoms with Gasteiger partial charge in [0.2, 0.25) is 0 Å². The number of nitrogens with zero attached hydrogens (tertiary/aromatic N) is 3. The van der Waals surface area contributed by atoms with Crippen molar-refractivity contribution in [3.8, 4) is 6.07 Å². The van der Waals surface area contributed by atoms with E-state index in [1.807, 2.05) is 6.07 Å². The van der Waals surface area contributed by atoms with Crippen molar-refractivity contribution in [3.63, 3.8) is 0 Å². The smallest absolute Gasteiger partial charge is 0.197 e. The molecule has 0 bridgehead atoms. The summed E-state index contributed by atoms with van der Waals surface area (Å²) < 4.78 is 27.0. The third-order valence-corrected chi connectivity index (χ3v) is 4.90. The highest BCUT2D eigenvalue weighted by atomic mass is 32.2. The predicted molar refractivity (Wildman–Crippen MR) is 61.8 cm³/mol. The molecular formula is C10H19N3O2S. The zero-order valence-electron chi connectivity index (χ0n) is 9.89. The van der Waals surface area contributed by atoms with Crippen molar-refractivity contribution in [2.45, 2.75) is 26.7 Å². The second-order valence-electron chi connectivity index (χ2n) is 4.20. The number of nitriles is 1. The molecule has 1 heterocycles. The number of piperidine rings is 1. The normalized spacial score (nSPS) is 23.2. The highest BCUT2D eigenvalue weighted by molar-refractivity contribution is 7.86. The molecule has 1 saturated heterocycles. The summed E-state index contributed by atoms with van der Waals surface area (Å²) >= 11 is 0. The minimum atomic E-state index is -3.43. The van der Waals surface area contributed by atoms with Gasteiger partial charge in [0, 0.05) is 19.6 Å². The van der Waals surface area contributed by atoms with Crippen molar-refractivity contribution in [2.24, 2.45) is 5.92 Å². The number of rotatable bonds is 4. The van der Waals surface area contributed by atoms with Crippen molar-refractivity contribution in [2.75, 3.05) is 26.2 Å². The van der Waals surface area contributed by atoms with Gasteiger partial charge in [-0.15, -0.1) is 0 Å². The van der Waals surface area contributed by atoms with Gasteiger partial charge >= 0.3 is 0 Å². The molecule has 0 saturated carbocycles. The van der Waals surface area contributed by atoms with Crippen LogP contribution in [0.4, 0.5) is 0 Å². The molecule has 0 amide bonds. The molecule has 0 N–H and O–H groups in total. The molecule has 1 aliphatic rings. The molecular weight excluding hydrogens is 226 g/mol. The van der Waals surface area contributed by atoms with E-state index in [-0.39, 0.29) is 6.54 Å². The lowest BCUT2D eigenvalue weighted by atomic mass is 10.0. The zero-order valence-corrected chi connectivity index (χ0v) is 10.7. The Labute approximate surface area is 97.8 Å². The molecule has 0 aliphatic carbocycles. The standard InChI is InChI=1S/C10H19N3O2S/c1-3-12(8-6-11)16(14,15)13-7-4-5-10(2)9-13/h10H,3-5,7-9H2,1-2H3. The summed E-state index contributed by atoms with van der Waals surface area (Å²) in [6, 6.07) is 1.90. The Morgan fingerprint density at radius 2 is 2.25 bits per heavy atom. The highest BCUT2D eigenvalue weighted by Crippen LogP contribution is 2.20. The average molecular weight is 245 g/mol. The first-order valence-electron chi connectivity index (χ1n) is 5.64. The fourth-order valence-corrected chi connectivity index (χ4v) is 3.63. The molecule has 92 valence electrons. The quantitative estimate of drug-likeness (QED) is 0.688. The number of hydrogen-bond donors (Lipinski definition) is 0. The summed E-state index contributed by atoms with van der Waals surface area (Å²) in [6.45, 7) is 5.24. The summed E-state index contributed by atoms with van der Waals surface area (Å²) in [6.07, 6.45) is 1.99. The summed E-state index contributed by atoms with van der Waals surface area (Å²) in [5.74, 6) is 0.407. The van der Waals surface area contributed by atoms with Gasteiger partial charge in [-0.25, -0.2) is 0 Å². The van der Waals surface area contributed by atoms with Gasteiger partial charge in [0.25, 0.3) is 10.2 Å². The van der Waals surface area contributed by atoms with Gasteiger partial charge in [0.05, 0.1) is 6.07 Å². The van der Waals surface area contributed by atoms with E-state index in [4.69, 9.17) is 5.26 Å². The Morgan fingerprint density at radius 3 is 2.75 bits per heavy atom. The first-order chi connectivity index (χ1) is 7.52. The van der Waals surface area contributed by atoms with Crippen molar-refractivity contribution in [1.82, 2.24) is 8.61 Å². The molecule has 1 atom stereocenters. The van der Waals surface area contributed by atoms with E-state index in [1.54, 1.807) is 6.92 Å². The van der Waals surface area contributed by atoms with Gasteiger partial charge in [-0.3, -0.25) is 0 Å². The fraction of sp³-hybridized carbons (Fsp3) is 0.900. The molecule has 0 aromatic heterocycles. The van der Waals surface area contributed by atoms with Crippen LogP contribution >= 0.6 is 0 Å². The van der Waals surface area contributed by atoms with Crippen molar-refractivity contribution in [3.05, 3.63) is 0 Å².